The van der Waals surface area contributed by atoms with Gasteiger partial charge in [-0.25, -0.2) is 4.98 Å². The van der Waals surface area contributed by atoms with E-state index in [9.17, 15) is 4.79 Å². The molecule has 1 aromatic carbocycles. The summed E-state index contributed by atoms with van der Waals surface area (Å²) in [7, 11) is 1.78. The third-order valence-electron chi connectivity index (χ3n) is 4.02. The lowest BCUT2D eigenvalue weighted by molar-refractivity contribution is 0.0940. The molecule has 0 radical (unpaired) electrons. The molecule has 0 saturated heterocycles. The van der Waals surface area contributed by atoms with Gasteiger partial charge in [0, 0.05) is 23.6 Å². The topological polar surface area (TPSA) is 59.8 Å². The van der Waals surface area contributed by atoms with Crippen LogP contribution in [0.1, 0.15) is 33.0 Å². The van der Waals surface area contributed by atoms with Crippen LogP contribution in [0.3, 0.4) is 0 Å². The van der Waals surface area contributed by atoms with E-state index in [1.165, 1.54) is 5.56 Å². The van der Waals surface area contributed by atoms with Crippen molar-refractivity contribution in [3.05, 3.63) is 57.9 Å². The fraction of sp³-hybridized carbons (Fsp3) is 0.278. The summed E-state index contributed by atoms with van der Waals surface area (Å²) >= 11 is 1.59. The highest BCUT2D eigenvalue weighted by Crippen LogP contribution is 2.24. The highest BCUT2D eigenvalue weighted by Gasteiger charge is 2.17. The number of carbonyl (C=O) groups is 1. The summed E-state index contributed by atoms with van der Waals surface area (Å²) < 4.78 is 1.62. The molecule has 0 aliphatic heterocycles. The van der Waals surface area contributed by atoms with Crippen LogP contribution in [0, 0.1) is 20.8 Å². The number of hydrogen-bond acceptors (Lipinski definition) is 4. The van der Waals surface area contributed by atoms with Crippen molar-refractivity contribution >= 4 is 17.2 Å². The minimum Gasteiger partial charge on any atom is -0.345 e. The molecule has 1 N–H and O–H groups in total. The Labute approximate surface area is 145 Å². The number of benzene rings is 1. The van der Waals surface area contributed by atoms with Crippen LogP contribution in [0.4, 0.5) is 0 Å². The van der Waals surface area contributed by atoms with Gasteiger partial charge in [-0.15, -0.1) is 11.3 Å². The lowest BCUT2D eigenvalue weighted by Crippen LogP contribution is -2.26. The van der Waals surface area contributed by atoms with Gasteiger partial charge < -0.3 is 5.32 Å². The molecule has 124 valence electrons. The summed E-state index contributed by atoms with van der Waals surface area (Å²) in [5.41, 5.74) is 5.57. The quantitative estimate of drug-likeness (QED) is 0.792. The number of aromatic nitrogens is 3. The minimum atomic E-state index is -0.125. The van der Waals surface area contributed by atoms with E-state index in [2.05, 4.69) is 46.6 Å². The number of thiazole rings is 1. The first-order chi connectivity index (χ1) is 11.5. The number of nitrogens with zero attached hydrogens (tertiary/aromatic N) is 3. The number of hydrogen-bond donors (Lipinski definition) is 1. The van der Waals surface area contributed by atoms with Gasteiger partial charge in [0.05, 0.1) is 17.9 Å². The normalized spacial score (nSPS) is 10.8. The number of carbonyl (C=O) groups excluding carboxylic acids is 1. The second-order valence-corrected chi connectivity index (χ2v) is 6.73. The third kappa shape index (κ3) is 3.23. The van der Waals surface area contributed by atoms with Gasteiger partial charge in [-0.3, -0.25) is 9.48 Å². The van der Waals surface area contributed by atoms with Crippen LogP contribution in [-0.4, -0.2) is 20.7 Å². The van der Waals surface area contributed by atoms with Crippen LogP contribution < -0.4 is 5.32 Å². The molecule has 2 aromatic heterocycles. The number of aryl methyl sites for hydroxylation is 3. The van der Waals surface area contributed by atoms with Gasteiger partial charge in [0.25, 0.3) is 5.91 Å². The number of amides is 1. The Bertz CT molecular complexity index is 877. The molecule has 0 atom stereocenters. The average molecular weight is 340 g/mol. The summed E-state index contributed by atoms with van der Waals surface area (Å²) in [4.78, 5) is 17.0. The van der Waals surface area contributed by atoms with Crippen molar-refractivity contribution in [2.45, 2.75) is 27.3 Å². The van der Waals surface area contributed by atoms with Crippen LogP contribution in [-0.2, 0) is 13.6 Å². The Morgan fingerprint density at radius 1 is 1.21 bits per heavy atom. The zero-order valence-corrected chi connectivity index (χ0v) is 15.1. The van der Waals surface area contributed by atoms with Gasteiger partial charge in [0.15, 0.2) is 0 Å². The van der Waals surface area contributed by atoms with E-state index in [1.807, 2.05) is 19.2 Å². The molecular formula is C18H20N4OS. The van der Waals surface area contributed by atoms with Crippen LogP contribution in [0.25, 0.3) is 10.6 Å². The first-order valence-electron chi connectivity index (χ1n) is 7.75. The molecule has 1 amide bonds. The third-order valence-corrected chi connectivity index (χ3v) is 4.96. The van der Waals surface area contributed by atoms with E-state index in [-0.39, 0.29) is 5.91 Å². The highest BCUT2D eigenvalue weighted by atomic mass is 32.1. The van der Waals surface area contributed by atoms with Gasteiger partial charge in [-0.05, 0) is 20.8 Å². The molecule has 3 aromatic rings. The molecule has 0 aliphatic carbocycles. The van der Waals surface area contributed by atoms with Crippen molar-refractivity contribution in [3.63, 3.8) is 0 Å². The van der Waals surface area contributed by atoms with Crippen molar-refractivity contribution < 1.29 is 4.79 Å². The van der Waals surface area contributed by atoms with Gasteiger partial charge in [0.2, 0.25) is 0 Å². The Kier molecular flexibility index (Phi) is 4.49. The van der Waals surface area contributed by atoms with Crippen LogP contribution in [0.2, 0.25) is 0 Å². The molecule has 6 heteroatoms. The maximum Gasteiger partial charge on any atom is 0.270 e. The first-order valence-corrected chi connectivity index (χ1v) is 8.63. The van der Waals surface area contributed by atoms with Gasteiger partial charge in [0.1, 0.15) is 10.7 Å². The molecule has 5 nitrogen and oxygen atoms in total. The van der Waals surface area contributed by atoms with Crippen LogP contribution >= 0.6 is 11.3 Å². The summed E-state index contributed by atoms with van der Waals surface area (Å²) in [6.45, 7) is 6.29. The molecule has 3 rings (SSSR count). The SMILES string of the molecule is Cc1ccc(-c2nc(CNC(=O)c3c(C)c(C)nn3C)cs2)cc1. The van der Waals surface area contributed by atoms with Crippen molar-refractivity contribution in [1.29, 1.82) is 0 Å². The Balaban J connectivity index is 1.69. The zero-order chi connectivity index (χ0) is 17.3. The second kappa shape index (κ2) is 6.57. The lowest BCUT2D eigenvalue weighted by atomic mass is 10.2. The fourth-order valence-corrected chi connectivity index (χ4v) is 3.38. The van der Waals surface area contributed by atoms with E-state index >= 15 is 0 Å². The summed E-state index contributed by atoms with van der Waals surface area (Å²) in [5.74, 6) is -0.125. The number of rotatable bonds is 4. The summed E-state index contributed by atoms with van der Waals surface area (Å²) in [6.07, 6.45) is 0. The maximum absolute atomic E-state index is 12.4. The molecule has 24 heavy (non-hydrogen) atoms. The Morgan fingerprint density at radius 3 is 2.54 bits per heavy atom. The van der Waals surface area contributed by atoms with E-state index in [1.54, 1.807) is 23.1 Å². The van der Waals surface area contributed by atoms with E-state index in [0.717, 1.165) is 27.5 Å². The van der Waals surface area contributed by atoms with Crippen LogP contribution in [0.5, 0.6) is 0 Å². The van der Waals surface area contributed by atoms with Gasteiger partial charge >= 0.3 is 0 Å². The molecular weight excluding hydrogens is 320 g/mol. The van der Waals surface area contributed by atoms with Crippen molar-refractivity contribution in [3.8, 4) is 10.6 Å². The molecule has 0 spiro atoms. The molecule has 0 aliphatic rings. The largest absolute Gasteiger partial charge is 0.345 e. The summed E-state index contributed by atoms with van der Waals surface area (Å²) in [6, 6.07) is 8.29. The van der Waals surface area contributed by atoms with Crippen molar-refractivity contribution in [2.24, 2.45) is 7.05 Å². The molecule has 0 unspecified atom stereocenters. The predicted octanol–water partition coefficient (Wildman–Crippen LogP) is 3.40. The first kappa shape index (κ1) is 16.4. The number of nitrogens with one attached hydrogen (secondary N) is 1. The predicted molar refractivity (Wildman–Crippen MR) is 96.1 cm³/mol. The average Bonchev–Trinajstić information content (AvgIpc) is 3.11. The second-order valence-electron chi connectivity index (χ2n) is 5.88. The van der Waals surface area contributed by atoms with Crippen molar-refractivity contribution in [1.82, 2.24) is 20.1 Å². The highest BCUT2D eigenvalue weighted by molar-refractivity contribution is 7.13. The monoisotopic (exact) mass is 340 g/mol. The molecule has 2 heterocycles. The minimum absolute atomic E-state index is 0.125. The Morgan fingerprint density at radius 2 is 1.92 bits per heavy atom. The van der Waals surface area contributed by atoms with E-state index in [4.69, 9.17) is 0 Å². The lowest BCUT2D eigenvalue weighted by Gasteiger charge is -2.05. The van der Waals surface area contributed by atoms with Crippen molar-refractivity contribution in [2.75, 3.05) is 0 Å². The van der Waals surface area contributed by atoms with E-state index in [0.29, 0.717) is 12.2 Å². The fourth-order valence-electron chi connectivity index (χ4n) is 2.55. The Hall–Kier alpha value is -2.47. The van der Waals surface area contributed by atoms with Gasteiger partial charge in [-0.2, -0.15) is 5.10 Å². The standard InChI is InChI=1S/C18H20N4OS/c1-11-5-7-14(8-6-11)18-20-15(10-24-18)9-19-17(23)16-12(2)13(3)21-22(16)4/h5-8,10H,9H2,1-4H3,(H,19,23). The van der Waals surface area contributed by atoms with Gasteiger partial charge in [-0.1, -0.05) is 29.8 Å². The summed E-state index contributed by atoms with van der Waals surface area (Å²) in [5, 5.41) is 10.2. The molecule has 0 saturated carbocycles. The van der Waals surface area contributed by atoms with Crippen LogP contribution in [0.15, 0.2) is 29.6 Å². The molecule has 0 fully saturated rings. The molecule has 0 bridgehead atoms. The smallest absolute Gasteiger partial charge is 0.270 e. The zero-order valence-electron chi connectivity index (χ0n) is 14.3. The maximum atomic E-state index is 12.4. The van der Waals surface area contributed by atoms with E-state index < -0.39 is 0 Å².